The molecule has 2 nitrogen and oxygen atoms in total. The van der Waals surface area contributed by atoms with Gasteiger partial charge in [-0.1, -0.05) is 30.9 Å². The van der Waals surface area contributed by atoms with E-state index in [1.807, 2.05) is 13.0 Å². The molecule has 1 unspecified atom stereocenters. The van der Waals surface area contributed by atoms with E-state index in [0.717, 1.165) is 25.2 Å². The Bertz CT molecular complexity index is 448. The number of likely N-dealkylation sites (tertiary alicyclic amines) is 1. The third kappa shape index (κ3) is 4.44. The average Bonchev–Trinajstić information content (AvgIpc) is 2.77. The molecule has 0 aromatic rings. The minimum atomic E-state index is 0.500. The van der Waals surface area contributed by atoms with Gasteiger partial charge in [0.05, 0.1) is 0 Å². The fourth-order valence-corrected chi connectivity index (χ4v) is 2.35. The Kier molecular flexibility index (Phi) is 6.37. The Morgan fingerprint density at radius 1 is 1.35 bits per heavy atom. The van der Waals surface area contributed by atoms with Crippen molar-refractivity contribution >= 4 is 0 Å². The Hall–Kier alpha value is -1.70. The van der Waals surface area contributed by atoms with Gasteiger partial charge in [0.15, 0.2) is 0 Å². The van der Waals surface area contributed by atoms with Gasteiger partial charge in [-0.2, -0.15) is 0 Å². The van der Waals surface area contributed by atoms with Gasteiger partial charge in [0.2, 0.25) is 0 Å². The first kappa shape index (κ1) is 16.4. The van der Waals surface area contributed by atoms with Crippen LogP contribution in [0.3, 0.4) is 0 Å². The highest BCUT2D eigenvalue weighted by atomic mass is 15.2. The summed E-state index contributed by atoms with van der Waals surface area (Å²) in [4.78, 5) is 2.27. The maximum atomic E-state index is 4.25. The van der Waals surface area contributed by atoms with Gasteiger partial charge in [0, 0.05) is 36.1 Å². The van der Waals surface area contributed by atoms with Crippen molar-refractivity contribution in [3.05, 3.63) is 60.1 Å². The minimum Gasteiger partial charge on any atom is -0.388 e. The molecular formula is C18H28N2. The van der Waals surface area contributed by atoms with Crippen LogP contribution in [0.15, 0.2) is 60.1 Å². The van der Waals surface area contributed by atoms with Crippen LogP contribution in [-0.4, -0.2) is 18.0 Å². The summed E-state index contributed by atoms with van der Waals surface area (Å²) in [5.41, 5.74) is 4.87. The van der Waals surface area contributed by atoms with Gasteiger partial charge >= 0.3 is 0 Å². The van der Waals surface area contributed by atoms with Crippen molar-refractivity contribution in [2.45, 2.75) is 34.1 Å². The quantitative estimate of drug-likeness (QED) is 0.722. The first-order chi connectivity index (χ1) is 9.49. The molecule has 1 fully saturated rings. The van der Waals surface area contributed by atoms with Crippen LogP contribution in [0.1, 0.15) is 34.1 Å². The number of nitrogens with one attached hydrogen (secondary N) is 1. The summed E-state index contributed by atoms with van der Waals surface area (Å²) in [6, 6.07) is 0. The summed E-state index contributed by atoms with van der Waals surface area (Å²) >= 11 is 0. The van der Waals surface area contributed by atoms with Crippen LogP contribution in [-0.2, 0) is 0 Å². The summed E-state index contributed by atoms with van der Waals surface area (Å²) in [6.07, 6.45) is 9.40. The first-order valence-electron chi connectivity index (χ1n) is 7.30. The lowest BCUT2D eigenvalue weighted by Crippen LogP contribution is -2.23. The Labute approximate surface area is 124 Å². The summed E-state index contributed by atoms with van der Waals surface area (Å²) in [7, 11) is 0. The zero-order chi connectivity index (χ0) is 15.1. The topological polar surface area (TPSA) is 15.3 Å². The molecule has 0 aromatic heterocycles. The number of hydrogen-bond acceptors (Lipinski definition) is 2. The molecule has 0 spiro atoms. The second-order valence-corrected chi connectivity index (χ2v) is 5.52. The molecule has 0 aromatic carbocycles. The lowest BCUT2D eigenvalue weighted by atomic mass is 10.1. The van der Waals surface area contributed by atoms with Crippen molar-refractivity contribution < 1.29 is 0 Å². The molecule has 1 heterocycles. The van der Waals surface area contributed by atoms with Gasteiger partial charge in [-0.3, -0.25) is 0 Å². The van der Waals surface area contributed by atoms with Crippen molar-refractivity contribution in [1.29, 1.82) is 0 Å². The van der Waals surface area contributed by atoms with Crippen LogP contribution >= 0.6 is 0 Å². The van der Waals surface area contributed by atoms with Crippen LogP contribution in [0.4, 0.5) is 0 Å². The van der Waals surface area contributed by atoms with Crippen molar-refractivity contribution in [2.24, 2.45) is 5.92 Å². The number of nitrogens with zero attached hydrogens (tertiary/aromatic N) is 1. The van der Waals surface area contributed by atoms with Crippen LogP contribution in [0.5, 0.6) is 0 Å². The molecule has 0 bridgehead atoms. The molecular weight excluding hydrogens is 244 g/mol. The van der Waals surface area contributed by atoms with Crippen LogP contribution in [0.25, 0.3) is 0 Å². The summed E-state index contributed by atoms with van der Waals surface area (Å²) in [6.45, 7) is 18.5. The van der Waals surface area contributed by atoms with Gasteiger partial charge in [0.25, 0.3) is 0 Å². The molecule has 2 heteroatoms. The van der Waals surface area contributed by atoms with E-state index < -0.39 is 0 Å². The van der Waals surface area contributed by atoms with Crippen molar-refractivity contribution in [2.75, 3.05) is 13.1 Å². The van der Waals surface area contributed by atoms with Crippen LogP contribution in [0, 0.1) is 5.92 Å². The average molecular weight is 272 g/mol. The molecule has 20 heavy (non-hydrogen) atoms. The standard InChI is InChI=1S/C18H28N2/c1-7-18(8-2)20-12-11-17(16(20)6)13-19-15(5)10-9-14(3)4/h7-10,17,19H,1,6,11-13H2,2-5H3/b15-10+,18-8+. The van der Waals surface area contributed by atoms with Crippen molar-refractivity contribution in [3.63, 3.8) is 0 Å². The van der Waals surface area contributed by atoms with E-state index in [1.165, 1.54) is 17.0 Å². The third-order valence-corrected chi connectivity index (χ3v) is 3.63. The Morgan fingerprint density at radius 2 is 2.05 bits per heavy atom. The third-order valence-electron chi connectivity index (χ3n) is 3.63. The van der Waals surface area contributed by atoms with Crippen molar-refractivity contribution in [1.82, 2.24) is 10.2 Å². The van der Waals surface area contributed by atoms with E-state index >= 15 is 0 Å². The monoisotopic (exact) mass is 272 g/mol. The predicted octanol–water partition coefficient (Wildman–Crippen LogP) is 4.37. The van der Waals surface area contributed by atoms with Gasteiger partial charge in [-0.05, 0) is 46.3 Å². The highest BCUT2D eigenvalue weighted by Crippen LogP contribution is 2.30. The van der Waals surface area contributed by atoms with E-state index in [4.69, 9.17) is 0 Å². The highest BCUT2D eigenvalue weighted by Gasteiger charge is 2.26. The normalized spacial score (nSPS) is 20.1. The Morgan fingerprint density at radius 3 is 2.60 bits per heavy atom. The largest absolute Gasteiger partial charge is 0.388 e. The SMILES string of the molecule is C=C/C(=C\C)N1CCC(CN/C(C)=C/C=C(C)C)C1=C. The molecule has 1 aliphatic heterocycles. The van der Waals surface area contributed by atoms with Gasteiger partial charge < -0.3 is 10.2 Å². The van der Waals surface area contributed by atoms with Crippen molar-refractivity contribution in [3.8, 4) is 0 Å². The van der Waals surface area contributed by atoms with Crippen LogP contribution < -0.4 is 5.32 Å². The smallest absolute Gasteiger partial charge is 0.0358 e. The zero-order valence-electron chi connectivity index (χ0n) is 13.4. The summed E-state index contributed by atoms with van der Waals surface area (Å²) in [5, 5.41) is 3.49. The second kappa shape index (κ2) is 7.78. The molecule has 110 valence electrons. The molecule has 0 amide bonds. The fraction of sp³-hybridized carbons (Fsp3) is 0.444. The summed E-state index contributed by atoms with van der Waals surface area (Å²) < 4.78 is 0. The van der Waals surface area contributed by atoms with E-state index in [1.54, 1.807) is 0 Å². The van der Waals surface area contributed by atoms with E-state index in [9.17, 15) is 0 Å². The lowest BCUT2D eigenvalue weighted by Gasteiger charge is -2.22. The van der Waals surface area contributed by atoms with Gasteiger partial charge in [-0.15, -0.1) is 0 Å². The van der Waals surface area contributed by atoms with Gasteiger partial charge in [-0.25, -0.2) is 0 Å². The van der Waals surface area contributed by atoms with Gasteiger partial charge in [0.1, 0.15) is 0 Å². The highest BCUT2D eigenvalue weighted by molar-refractivity contribution is 5.24. The molecule has 1 saturated heterocycles. The molecule has 1 atom stereocenters. The molecule has 0 aliphatic carbocycles. The zero-order valence-corrected chi connectivity index (χ0v) is 13.4. The minimum absolute atomic E-state index is 0.500. The van der Waals surface area contributed by atoms with E-state index in [0.29, 0.717) is 5.92 Å². The molecule has 1 aliphatic rings. The maximum absolute atomic E-state index is 4.25. The summed E-state index contributed by atoms with van der Waals surface area (Å²) in [5.74, 6) is 0.500. The lowest BCUT2D eigenvalue weighted by molar-refractivity contribution is 0.498. The van der Waals surface area contributed by atoms with E-state index in [2.05, 4.69) is 62.4 Å². The number of allylic oxidation sites excluding steroid dienone is 6. The second-order valence-electron chi connectivity index (χ2n) is 5.52. The first-order valence-corrected chi connectivity index (χ1v) is 7.30. The van der Waals surface area contributed by atoms with Crippen LogP contribution in [0.2, 0.25) is 0 Å². The maximum Gasteiger partial charge on any atom is 0.0358 e. The van der Waals surface area contributed by atoms with E-state index in [-0.39, 0.29) is 0 Å². The number of rotatable bonds is 6. The number of hydrogen-bond donors (Lipinski definition) is 1. The predicted molar refractivity (Wildman–Crippen MR) is 89.1 cm³/mol. The fourth-order valence-electron chi connectivity index (χ4n) is 2.35. The Balaban J connectivity index is 2.56. The molecule has 0 saturated carbocycles. The molecule has 1 rings (SSSR count). The molecule has 0 radical (unpaired) electrons. The molecule has 1 N–H and O–H groups in total.